The Hall–Kier alpha value is -1.19. The standard InChI is InChI=1S/C12H22N2O6S/c1-4-20-12(17)9-6-5-7-14(9)21(18,19)13-10(8(2)3)11(15)16/h8-10,13H,4-7H2,1-3H3,(H,15,16)/t9?,10-/m1/s1. The molecule has 122 valence electrons. The number of carboxylic acids is 1. The molecule has 1 rings (SSSR count). The van der Waals surface area contributed by atoms with Crippen molar-refractivity contribution >= 4 is 22.1 Å². The van der Waals surface area contributed by atoms with Crippen molar-refractivity contribution in [1.29, 1.82) is 0 Å². The van der Waals surface area contributed by atoms with E-state index in [0.29, 0.717) is 12.8 Å². The minimum atomic E-state index is -4.06. The van der Waals surface area contributed by atoms with E-state index in [2.05, 4.69) is 4.72 Å². The van der Waals surface area contributed by atoms with E-state index < -0.39 is 40.1 Å². The van der Waals surface area contributed by atoms with E-state index in [4.69, 9.17) is 9.84 Å². The lowest BCUT2D eigenvalue weighted by Crippen LogP contribution is -2.53. The van der Waals surface area contributed by atoms with Crippen LogP contribution < -0.4 is 4.72 Å². The fourth-order valence-corrected chi connectivity index (χ4v) is 3.93. The van der Waals surface area contributed by atoms with Crippen LogP contribution in [0.25, 0.3) is 0 Å². The molecule has 0 amide bonds. The minimum absolute atomic E-state index is 0.167. The van der Waals surface area contributed by atoms with E-state index in [9.17, 15) is 18.0 Å². The first kappa shape index (κ1) is 17.9. The molecule has 0 saturated carbocycles. The number of nitrogens with zero attached hydrogens (tertiary/aromatic N) is 1. The summed E-state index contributed by atoms with van der Waals surface area (Å²) in [4.78, 5) is 22.9. The third kappa shape index (κ3) is 4.39. The average molecular weight is 322 g/mol. The van der Waals surface area contributed by atoms with E-state index >= 15 is 0 Å². The Bertz CT molecular complexity index is 490. The van der Waals surface area contributed by atoms with Crippen molar-refractivity contribution in [1.82, 2.24) is 9.03 Å². The maximum atomic E-state index is 12.3. The first-order valence-corrected chi connectivity index (χ1v) is 8.33. The van der Waals surface area contributed by atoms with Crippen LogP contribution in [0.2, 0.25) is 0 Å². The zero-order valence-corrected chi connectivity index (χ0v) is 13.2. The number of nitrogens with one attached hydrogen (secondary N) is 1. The Balaban J connectivity index is 2.90. The van der Waals surface area contributed by atoms with Gasteiger partial charge in [0.25, 0.3) is 10.2 Å². The topological polar surface area (TPSA) is 113 Å². The van der Waals surface area contributed by atoms with Crippen molar-refractivity contribution in [3.8, 4) is 0 Å². The zero-order valence-electron chi connectivity index (χ0n) is 12.4. The Morgan fingerprint density at radius 2 is 2.05 bits per heavy atom. The summed E-state index contributed by atoms with van der Waals surface area (Å²) in [5.74, 6) is -2.27. The highest BCUT2D eigenvalue weighted by Gasteiger charge is 2.41. The lowest BCUT2D eigenvalue weighted by molar-refractivity contribution is -0.146. The van der Waals surface area contributed by atoms with Gasteiger partial charge in [0.2, 0.25) is 0 Å². The Morgan fingerprint density at radius 3 is 2.52 bits per heavy atom. The second-order valence-corrected chi connectivity index (χ2v) is 6.86. The molecule has 1 aliphatic heterocycles. The highest BCUT2D eigenvalue weighted by Crippen LogP contribution is 2.22. The first-order valence-electron chi connectivity index (χ1n) is 6.89. The molecule has 0 aromatic rings. The summed E-state index contributed by atoms with van der Waals surface area (Å²) in [6, 6.07) is -2.12. The lowest BCUT2D eigenvalue weighted by atomic mass is 10.1. The maximum absolute atomic E-state index is 12.3. The Labute approximate surface area is 124 Å². The van der Waals surface area contributed by atoms with Gasteiger partial charge in [0.05, 0.1) is 6.61 Å². The van der Waals surface area contributed by atoms with Crippen LogP contribution in [0.4, 0.5) is 0 Å². The van der Waals surface area contributed by atoms with Crippen molar-refractivity contribution in [3.05, 3.63) is 0 Å². The number of rotatable bonds is 7. The molecule has 0 aliphatic carbocycles. The molecule has 0 aromatic heterocycles. The van der Waals surface area contributed by atoms with Gasteiger partial charge in [-0.3, -0.25) is 9.59 Å². The molecular weight excluding hydrogens is 300 g/mol. The van der Waals surface area contributed by atoms with Gasteiger partial charge in [0.15, 0.2) is 0 Å². The molecule has 2 atom stereocenters. The summed E-state index contributed by atoms with van der Waals surface area (Å²) in [5, 5.41) is 9.07. The lowest BCUT2D eigenvalue weighted by Gasteiger charge is -2.26. The predicted octanol–water partition coefficient (Wildman–Crippen LogP) is -0.0425. The van der Waals surface area contributed by atoms with Crippen LogP contribution in [0, 0.1) is 5.92 Å². The van der Waals surface area contributed by atoms with Crippen molar-refractivity contribution < 1.29 is 27.9 Å². The van der Waals surface area contributed by atoms with E-state index in [1.54, 1.807) is 20.8 Å². The molecule has 1 fully saturated rings. The van der Waals surface area contributed by atoms with Crippen molar-refractivity contribution in [2.45, 2.75) is 45.7 Å². The highest BCUT2D eigenvalue weighted by molar-refractivity contribution is 7.87. The molecule has 2 N–H and O–H groups in total. The molecule has 1 heterocycles. The summed E-state index contributed by atoms with van der Waals surface area (Å²) in [7, 11) is -4.06. The van der Waals surface area contributed by atoms with Gasteiger partial charge in [-0.05, 0) is 25.7 Å². The second-order valence-electron chi connectivity index (χ2n) is 5.20. The molecule has 0 spiro atoms. The van der Waals surface area contributed by atoms with Crippen LogP contribution >= 0.6 is 0 Å². The number of hydrogen-bond donors (Lipinski definition) is 2. The molecule has 1 unspecified atom stereocenters. The number of ether oxygens (including phenoxy) is 1. The van der Waals surface area contributed by atoms with Crippen LogP contribution in [-0.2, 0) is 24.5 Å². The van der Waals surface area contributed by atoms with Crippen LogP contribution in [0.15, 0.2) is 0 Å². The van der Waals surface area contributed by atoms with Gasteiger partial charge in [-0.2, -0.15) is 17.4 Å². The van der Waals surface area contributed by atoms with E-state index in [0.717, 1.165) is 4.31 Å². The van der Waals surface area contributed by atoms with Gasteiger partial charge >= 0.3 is 11.9 Å². The molecule has 8 nitrogen and oxygen atoms in total. The number of carbonyl (C=O) groups is 2. The molecule has 21 heavy (non-hydrogen) atoms. The number of carboxylic acid groups (broad SMARTS) is 1. The maximum Gasteiger partial charge on any atom is 0.324 e. The fourth-order valence-electron chi connectivity index (χ4n) is 2.20. The summed E-state index contributed by atoms with van der Waals surface area (Å²) in [6.45, 7) is 5.19. The minimum Gasteiger partial charge on any atom is -0.480 e. The van der Waals surface area contributed by atoms with Crippen molar-refractivity contribution in [2.75, 3.05) is 13.2 Å². The average Bonchev–Trinajstić information content (AvgIpc) is 2.85. The quantitative estimate of drug-likeness (QED) is 0.636. The number of hydrogen-bond acceptors (Lipinski definition) is 5. The van der Waals surface area contributed by atoms with Gasteiger partial charge < -0.3 is 9.84 Å². The van der Waals surface area contributed by atoms with Crippen molar-refractivity contribution in [3.63, 3.8) is 0 Å². The molecule has 1 aliphatic rings. The van der Waals surface area contributed by atoms with Gasteiger partial charge in [-0.25, -0.2) is 0 Å². The Kier molecular flexibility index (Phi) is 6.11. The highest BCUT2D eigenvalue weighted by atomic mass is 32.2. The van der Waals surface area contributed by atoms with Crippen LogP contribution in [0.5, 0.6) is 0 Å². The largest absolute Gasteiger partial charge is 0.480 e. The van der Waals surface area contributed by atoms with E-state index in [-0.39, 0.29) is 13.2 Å². The summed E-state index contributed by atoms with van der Waals surface area (Å²) < 4.78 is 32.6. The van der Waals surface area contributed by atoms with Crippen molar-refractivity contribution in [2.24, 2.45) is 5.92 Å². The second kappa shape index (κ2) is 7.19. The zero-order chi connectivity index (χ0) is 16.2. The molecule has 0 radical (unpaired) electrons. The number of carbonyl (C=O) groups excluding carboxylic acids is 1. The van der Waals surface area contributed by atoms with Crippen LogP contribution in [-0.4, -0.2) is 55.0 Å². The van der Waals surface area contributed by atoms with Crippen LogP contribution in [0.3, 0.4) is 0 Å². The molecule has 1 saturated heterocycles. The van der Waals surface area contributed by atoms with Gasteiger partial charge in [-0.15, -0.1) is 0 Å². The molecule has 0 aromatic carbocycles. The third-order valence-electron chi connectivity index (χ3n) is 3.28. The smallest absolute Gasteiger partial charge is 0.324 e. The normalized spacial score (nSPS) is 21.4. The predicted molar refractivity (Wildman–Crippen MR) is 74.7 cm³/mol. The van der Waals surface area contributed by atoms with E-state index in [1.807, 2.05) is 0 Å². The van der Waals surface area contributed by atoms with Gasteiger partial charge in [0, 0.05) is 6.54 Å². The molecular formula is C12H22N2O6S. The Morgan fingerprint density at radius 1 is 1.43 bits per heavy atom. The van der Waals surface area contributed by atoms with Crippen LogP contribution in [0.1, 0.15) is 33.6 Å². The monoisotopic (exact) mass is 322 g/mol. The van der Waals surface area contributed by atoms with Gasteiger partial charge in [0.1, 0.15) is 12.1 Å². The molecule has 9 heteroatoms. The summed E-state index contributed by atoms with van der Waals surface area (Å²) in [6.07, 6.45) is 0.906. The van der Waals surface area contributed by atoms with Gasteiger partial charge in [-0.1, -0.05) is 13.8 Å². The molecule has 0 bridgehead atoms. The third-order valence-corrected chi connectivity index (χ3v) is 4.89. The number of esters is 1. The SMILES string of the molecule is CCOC(=O)C1CCCN1S(=O)(=O)N[C@@H](C(=O)O)C(C)C. The van der Waals surface area contributed by atoms with E-state index in [1.165, 1.54) is 0 Å². The fraction of sp³-hybridized carbons (Fsp3) is 0.833. The summed E-state index contributed by atoms with van der Waals surface area (Å²) >= 11 is 0. The first-order chi connectivity index (χ1) is 9.70. The summed E-state index contributed by atoms with van der Waals surface area (Å²) in [5.41, 5.74) is 0. The number of aliphatic carboxylic acids is 1.